The lowest BCUT2D eigenvalue weighted by molar-refractivity contribution is 0.355. The minimum atomic E-state index is 0.369. The number of rotatable bonds is 6. The standard InChI is InChI=1S/C16H17O2P/c1-17-16-9-7-15(8-10-16)13-18-19-12-11-14-5-3-2-4-6-14/h2-12,19H,13H2,1H3. The highest BCUT2D eigenvalue weighted by molar-refractivity contribution is 7.36. The van der Waals surface area contributed by atoms with Gasteiger partial charge in [0.05, 0.1) is 13.7 Å². The molecule has 0 heterocycles. The first kappa shape index (κ1) is 13.8. The van der Waals surface area contributed by atoms with Gasteiger partial charge in [-0.3, -0.25) is 0 Å². The summed E-state index contributed by atoms with van der Waals surface area (Å²) in [6.45, 7) is 0.627. The molecule has 2 rings (SSSR count). The van der Waals surface area contributed by atoms with Crippen molar-refractivity contribution in [2.24, 2.45) is 0 Å². The van der Waals surface area contributed by atoms with Crippen molar-refractivity contribution in [1.82, 2.24) is 0 Å². The van der Waals surface area contributed by atoms with Gasteiger partial charge in [-0.15, -0.1) is 0 Å². The van der Waals surface area contributed by atoms with Crippen molar-refractivity contribution in [2.45, 2.75) is 6.61 Å². The number of benzene rings is 2. The number of ether oxygens (including phenoxy) is 1. The van der Waals surface area contributed by atoms with Crippen LogP contribution in [0.2, 0.25) is 0 Å². The van der Waals surface area contributed by atoms with Crippen LogP contribution in [-0.4, -0.2) is 7.11 Å². The maximum atomic E-state index is 5.62. The molecular formula is C16H17O2P. The van der Waals surface area contributed by atoms with Crippen LogP contribution < -0.4 is 4.74 Å². The second-order valence-electron chi connectivity index (χ2n) is 4.00. The maximum absolute atomic E-state index is 5.62. The highest BCUT2D eigenvalue weighted by Gasteiger charge is 1.93. The SMILES string of the molecule is COc1ccc(COPC=Cc2ccccc2)cc1. The molecule has 2 aromatic rings. The van der Waals surface area contributed by atoms with Gasteiger partial charge < -0.3 is 9.26 Å². The van der Waals surface area contributed by atoms with Crippen LogP contribution in [0.25, 0.3) is 6.08 Å². The molecule has 0 radical (unpaired) electrons. The van der Waals surface area contributed by atoms with Crippen LogP contribution in [0.15, 0.2) is 60.4 Å². The molecule has 0 amide bonds. The third-order valence-corrected chi connectivity index (χ3v) is 3.24. The van der Waals surface area contributed by atoms with E-state index in [1.54, 1.807) is 7.11 Å². The lowest BCUT2D eigenvalue weighted by atomic mass is 10.2. The first-order valence-corrected chi connectivity index (χ1v) is 7.09. The van der Waals surface area contributed by atoms with Gasteiger partial charge in [-0.25, -0.2) is 0 Å². The molecular weight excluding hydrogens is 255 g/mol. The quantitative estimate of drug-likeness (QED) is 0.570. The van der Waals surface area contributed by atoms with Gasteiger partial charge in [0.15, 0.2) is 0 Å². The Morgan fingerprint density at radius 1 is 1.00 bits per heavy atom. The summed E-state index contributed by atoms with van der Waals surface area (Å²) in [7, 11) is 2.04. The minimum absolute atomic E-state index is 0.369. The monoisotopic (exact) mass is 272 g/mol. The Morgan fingerprint density at radius 2 is 1.74 bits per heavy atom. The Morgan fingerprint density at radius 3 is 2.42 bits per heavy atom. The fourth-order valence-electron chi connectivity index (χ4n) is 1.59. The van der Waals surface area contributed by atoms with Gasteiger partial charge in [0.2, 0.25) is 0 Å². The molecule has 0 saturated heterocycles. The van der Waals surface area contributed by atoms with Gasteiger partial charge in [-0.05, 0) is 29.1 Å². The van der Waals surface area contributed by atoms with E-state index < -0.39 is 0 Å². The van der Waals surface area contributed by atoms with E-state index in [2.05, 4.69) is 24.0 Å². The molecule has 19 heavy (non-hydrogen) atoms. The van der Waals surface area contributed by atoms with Crippen LogP contribution in [0, 0.1) is 0 Å². The molecule has 0 fully saturated rings. The zero-order valence-electron chi connectivity index (χ0n) is 10.9. The molecule has 0 spiro atoms. The van der Waals surface area contributed by atoms with Gasteiger partial charge >= 0.3 is 0 Å². The summed E-state index contributed by atoms with van der Waals surface area (Å²) in [5.41, 5.74) is 2.35. The van der Waals surface area contributed by atoms with Crippen molar-refractivity contribution in [3.63, 3.8) is 0 Å². The van der Waals surface area contributed by atoms with E-state index >= 15 is 0 Å². The fraction of sp³-hybridized carbons (Fsp3) is 0.125. The molecule has 0 bridgehead atoms. The van der Waals surface area contributed by atoms with Crippen molar-refractivity contribution >= 4 is 14.9 Å². The normalized spacial score (nSPS) is 11.4. The van der Waals surface area contributed by atoms with E-state index in [-0.39, 0.29) is 0 Å². The van der Waals surface area contributed by atoms with E-state index in [9.17, 15) is 0 Å². The molecule has 0 aromatic heterocycles. The van der Waals surface area contributed by atoms with Crippen LogP contribution >= 0.6 is 8.81 Å². The zero-order chi connectivity index (χ0) is 13.3. The molecule has 1 atom stereocenters. The maximum Gasteiger partial charge on any atom is 0.118 e. The smallest absolute Gasteiger partial charge is 0.118 e. The van der Waals surface area contributed by atoms with E-state index in [1.165, 1.54) is 5.56 Å². The lowest BCUT2D eigenvalue weighted by Gasteiger charge is -2.03. The van der Waals surface area contributed by atoms with Gasteiger partial charge in [-0.2, -0.15) is 0 Å². The fourth-order valence-corrected chi connectivity index (χ4v) is 2.20. The van der Waals surface area contributed by atoms with Crippen molar-refractivity contribution in [3.8, 4) is 5.75 Å². The Kier molecular flexibility index (Phi) is 5.61. The third kappa shape index (κ3) is 4.86. The van der Waals surface area contributed by atoms with E-state index in [0.29, 0.717) is 15.4 Å². The van der Waals surface area contributed by atoms with Gasteiger partial charge in [0, 0.05) is 8.81 Å². The average Bonchev–Trinajstić information content (AvgIpc) is 2.49. The largest absolute Gasteiger partial charge is 0.497 e. The highest BCUT2D eigenvalue weighted by atomic mass is 31.1. The van der Waals surface area contributed by atoms with Crippen molar-refractivity contribution in [3.05, 3.63) is 71.5 Å². The predicted molar refractivity (Wildman–Crippen MR) is 81.6 cm³/mol. The number of methoxy groups -OCH3 is 1. The van der Waals surface area contributed by atoms with Crippen molar-refractivity contribution in [1.29, 1.82) is 0 Å². The van der Waals surface area contributed by atoms with E-state index in [1.807, 2.05) is 42.5 Å². The highest BCUT2D eigenvalue weighted by Crippen LogP contribution is 2.20. The summed E-state index contributed by atoms with van der Waals surface area (Å²) in [5.74, 6) is 2.92. The molecule has 0 N–H and O–H groups in total. The molecule has 2 aromatic carbocycles. The summed E-state index contributed by atoms with van der Waals surface area (Å²) in [6.07, 6.45) is 2.08. The molecule has 0 aliphatic rings. The molecule has 2 nitrogen and oxygen atoms in total. The Hall–Kier alpha value is -1.63. The molecule has 0 saturated carbocycles. The second-order valence-corrected chi connectivity index (χ2v) is 4.86. The Bertz CT molecular complexity index is 506. The summed E-state index contributed by atoms with van der Waals surface area (Å²) < 4.78 is 10.7. The summed E-state index contributed by atoms with van der Waals surface area (Å²) in [4.78, 5) is 0. The van der Waals surface area contributed by atoms with Gasteiger partial charge in [0.1, 0.15) is 5.75 Å². The van der Waals surface area contributed by atoms with Gasteiger partial charge in [0.25, 0.3) is 0 Å². The summed E-state index contributed by atoms with van der Waals surface area (Å²) in [6, 6.07) is 18.1. The summed E-state index contributed by atoms with van der Waals surface area (Å²) >= 11 is 0. The second kappa shape index (κ2) is 7.73. The van der Waals surface area contributed by atoms with E-state index in [0.717, 1.165) is 11.3 Å². The van der Waals surface area contributed by atoms with Crippen LogP contribution in [0.5, 0.6) is 5.75 Å². The molecule has 0 aliphatic heterocycles. The first-order valence-electron chi connectivity index (χ1n) is 6.10. The Balaban J connectivity index is 1.73. The number of hydrogen-bond acceptors (Lipinski definition) is 2. The van der Waals surface area contributed by atoms with Crippen molar-refractivity contribution in [2.75, 3.05) is 7.11 Å². The van der Waals surface area contributed by atoms with Crippen LogP contribution in [0.1, 0.15) is 11.1 Å². The summed E-state index contributed by atoms with van der Waals surface area (Å²) in [5, 5.41) is 0. The van der Waals surface area contributed by atoms with Crippen molar-refractivity contribution < 1.29 is 9.26 Å². The van der Waals surface area contributed by atoms with Crippen LogP contribution in [-0.2, 0) is 11.1 Å². The predicted octanol–water partition coefficient (Wildman–Crippen LogP) is 4.48. The van der Waals surface area contributed by atoms with Crippen LogP contribution in [0.3, 0.4) is 0 Å². The third-order valence-electron chi connectivity index (χ3n) is 2.62. The number of hydrogen-bond donors (Lipinski definition) is 0. The Labute approximate surface area is 115 Å². The average molecular weight is 272 g/mol. The molecule has 3 heteroatoms. The zero-order valence-corrected chi connectivity index (χ0v) is 11.9. The molecule has 98 valence electrons. The molecule has 0 aliphatic carbocycles. The molecule has 1 unspecified atom stereocenters. The first-order chi connectivity index (χ1) is 9.38. The van der Waals surface area contributed by atoms with E-state index in [4.69, 9.17) is 9.26 Å². The lowest BCUT2D eigenvalue weighted by Crippen LogP contribution is -1.86. The topological polar surface area (TPSA) is 18.5 Å². The van der Waals surface area contributed by atoms with Crippen LogP contribution in [0.4, 0.5) is 0 Å². The van der Waals surface area contributed by atoms with Gasteiger partial charge in [-0.1, -0.05) is 48.5 Å². The minimum Gasteiger partial charge on any atom is -0.497 e.